The predicted octanol–water partition coefficient (Wildman–Crippen LogP) is 2.59. The molecular formula is C11H9ClO3. The summed E-state index contributed by atoms with van der Waals surface area (Å²) in [6.07, 6.45) is 1.16. The molecule has 0 amide bonds. The number of fused-ring (bicyclic) bond motifs is 1. The van der Waals surface area contributed by atoms with Crippen LogP contribution in [-0.2, 0) is 4.79 Å². The Labute approximate surface area is 91.9 Å². The summed E-state index contributed by atoms with van der Waals surface area (Å²) in [4.78, 5) is 10.9. The summed E-state index contributed by atoms with van der Waals surface area (Å²) in [5.74, 6) is -0.301. The number of ether oxygens (including phenoxy) is 1. The lowest BCUT2D eigenvalue weighted by molar-refractivity contribution is -0.133. The standard InChI is InChI=1S/C11H9ClO3/c1-6-9(11(13)14)5-7-4-8(12)2-3-10(7)15-6/h2-6H,1H3,(H,13,14). The summed E-state index contributed by atoms with van der Waals surface area (Å²) in [5.41, 5.74) is 0.947. The van der Waals surface area contributed by atoms with Crippen molar-refractivity contribution in [2.75, 3.05) is 0 Å². The van der Waals surface area contributed by atoms with E-state index >= 15 is 0 Å². The molecule has 1 N–H and O–H groups in total. The zero-order chi connectivity index (χ0) is 11.0. The highest BCUT2D eigenvalue weighted by molar-refractivity contribution is 6.30. The molecule has 1 atom stereocenters. The molecule has 15 heavy (non-hydrogen) atoms. The summed E-state index contributed by atoms with van der Waals surface area (Å²) in [7, 11) is 0. The quantitative estimate of drug-likeness (QED) is 0.798. The molecular weight excluding hydrogens is 216 g/mol. The third kappa shape index (κ3) is 1.83. The molecule has 0 radical (unpaired) electrons. The minimum absolute atomic E-state index is 0.241. The number of carboxylic acids is 1. The van der Waals surface area contributed by atoms with Crippen molar-refractivity contribution >= 4 is 23.6 Å². The average molecular weight is 225 g/mol. The van der Waals surface area contributed by atoms with Crippen LogP contribution in [-0.4, -0.2) is 17.2 Å². The maximum atomic E-state index is 10.9. The summed E-state index contributed by atoms with van der Waals surface area (Å²) < 4.78 is 5.45. The largest absolute Gasteiger partial charge is 0.485 e. The zero-order valence-electron chi connectivity index (χ0n) is 8.03. The number of hydrogen-bond acceptors (Lipinski definition) is 2. The summed E-state index contributed by atoms with van der Waals surface area (Å²) in [5, 5.41) is 9.49. The van der Waals surface area contributed by atoms with Gasteiger partial charge in [-0.15, -0.1) is 0 Å². The molecule has 0 aromatic heterocycles. The van der Waals surface area contributed by atoms with Gasteiger partial charge in [0, 0.05) is 10.6 Å². The Balaban J connectivity index is 2.51. The van der Waals surface area contributed by atoms with Crippen molar-refractivity contribution < 1.29 is 14.6 Å². The van der Waals surface area contributed by atoms with E-state index in [0.717, 1.165) is 0 Å². The van der Waals surface area contributed by atoms with Crippen LogP contribution in [0.3, 0.4) is 0 Å². The number of hydrogen-bond donors (Lipinski definition) is 1. The van der Waals surface area contributed by atoms with Gasteiger partial charge in [0.15, 0.2) is 0 Å². The highest BCUT2D eigenvalue weighted by Gasteiger charge is 2.23. The zero-order valence-corrected chi connectivity index (χ0v) is 8.78. The monoisotopic (exact) mass is 224 g/mol. The fourth-order valence-electron chi connectivity index (χ4n) is 1.51. The molecule has 78 valence electrons. The van der Waals surface area contributed by atoms with E-state index in [1.807, 2.05) is 0 Å². The lowest BCUT2D eigenvalue weighted by Gasteiger charge is -2.22. The van der Waals surface area contributed by atoms with Gasteiger partial charge in [-0.25, -0.2) is 4.79 Å². The van der Waals surface area contributed by atoms with Gasteiger partial charge in [-0.3, -0.25) is 0 Å². The van der Waals surface area contributed by atoms with Crippen LogP contribution >= 0.6 is 11.6 Å². The molecule has 0 bridgehead atoms. The van der Waals surface area contributed by atoms with Crippen LogP contribution in [0.4, 0.5) is 0 Å². The minimum atomic E-state index is -0.965. The molecule has 0 saturated carbocycles. The van der Waals surface area contributed by atoms with Gasteiger partial charge in [0.25, 0.3) is 0 Å². The third-order valence-corrected chi connectivity index (χ3v) is 2.51. The Morgan fingerprint density at radius 1 is 1.53 bits per heavy atom. The average Bonchev–Trinajstić information content (AvgIpc) is 2.17. The molecule has 1 aromatic rings. The SMILES string of the molecule is CC1Oc2ccc(Cl)cc2C=C1C(=O)O. The van der Waals surface area contributed by atoms with Crippen LogP contribution in [0.5, 0.6) is 5.75 Å². The fraction of sp³-hybridized carbons (Fsp3) is 0.182. The van der Waals surface area contributed by atoms with Crippen LogP contribution in [0.25, 0.3) is 6.08 Å². The predicted molar refractivity (Wildman–Crippen MR) is 57.2 cm³/mol. The van der Waals surface area contributed by atoms with E-state index in [1.165, 1.54) is 0 Å². The highest BCUT2D eigenvalue weighted by atomic mass is 35.5. The van der Waals surface area contributed by atoms with Crippen LogP contribution in [0.1, 0.15) is 12.5 Å². The molecule has 1 aromatic carbocycles. The summed E-state index contributed by atoms with van der Waals surface area (Å²) in [6.45, 7) is 1.71. The summed E-state index contributed by atoms with van der Waals surface area (Å²) >= 11 is 5.81. The maximum Gasteiger partial charge on any atom is 0.335 e. The van der Waals surface area contributed by atoms with Gasteiger partial charge in [-0.05, 0) is 31.2 Å². The molecule has 1 aliphatic heterocycles. The summed E-state index contributed by atoms with van der Waals surface area (Å²) in [6, 6.07) is 5.14. The first-order valence-electron chi connectivity index (χ1n) is 4.49. The number of carboxylic acid groups (broad SMARTS) is 1. The number of rotatable bonds is 1. The molecule has 0 spiro atoms. The van der Waals surface area contributed by atoms with Gasteiger partial charge in [0.2, 0.25) is 0 Å². The second-order valence-electron chi connectivity index (χ2n) is 3.35. The van der Waals surface area contributed by atoms with Crippen molar-refractivity contribution in [1.29, 1.82) is 0 Å². The third-order valence-electron chi connectivity index (χ3n) is 2.27. The van der Waals surface area contributed by atoms with Crippen molar-refractivity contribution in [2.24, 2.45) is 0 Å². The second-order valence-corrected chi connectivity index (χ2v) is 3.78. The van der Waals surface area contributed by atoms with Gasteiger partial charge < -0.3 is 9.84 Å². The Hall–Kier alpha value is -1.48. The van der Waals surface area contributed by atoms with Crippen LogP contribution < -0.4 is 4.74 Å². The van der Waals surface area contributed by atoms with Crippen molar-refractivity contribution in [3.8, 4) is 5.75 Å². The van der Waals surface area contributed by atoms with Gasteiger partial charge in [-0.1, -0.05) is 11.6 Å². The van der Waals surface area contributed by atoms with E-state index < -0.39 is 12.1 Å². The van der Waals surface area contributed by atoms with Gasteiger partial charge in [0.05, 0.1) is 5.57 Å². The van der Waals surface area contributed by atoms with Crippen LogP contribution in [0, 0.1) is 0 Å². The van der Waals surface area contributed by atoms with E-state index in [2.05, 4.69) is 0 Å². The van der Waals surface area contributed by atoms with Gasteiger partial charge in [0.1, 0.15) is 11.9 Å². The molecule has 1 unspecified atom stereocenters. The Morgan fingerprint density at radius 3 is 2.93 bits per heavy atom. The maximum absolute atomic E-state index is 10.9. The fourth-order valence-corrected chi connectivity index (χ4v) is 1.69. The van der Waals surface area contributed by atoms with Gasteiger partial charge >= 0.3 is 5.97 Å². The Bertz CT molecular complexity index is 451. The number of carbonyl (C=O) groups is 1. The van der Waals surface area contributed by atoms with E-state index in [4.69, 9.17) is 21.4 Å². The van der Waals surface area contributed by atoms with Crippen LogP contribution in [0.2, 0.25) is 5.02 Å². The molecule has 1 heterocycles. The molecule has 4 heteroatoms. The molecule has 3 nitrogen and oxygen atoms in total. The number of benzene rings is 1. The number of halogens is 1. The van der Waals surface area contributed by atoms with Crippen molar-refractivity contribution in [1.82, 2.24) is 0 Å². The number of aliphatic carboxylic acids is 1. The second kappa shape index (κ2) is 3.59. The Kier molecular flexibility index (Phi) is 2.40. The lowest BCUT2D eigenvalue weighted by atomic mass is 10.0. The molecule has 0 saturated heterocycles. The van der Waals surface area contributed by atoms with Gasteiger partial charge in [-0.2, -0.15) is 0 Å². The van der Waals surface area contributed by atoms with E-state index in [-0.39, 0.29) is 5.57 Å². The van der Waals surface area contributed by atoms with Crippen molar-refractivity contribution in [3.63, 3.8) is 0 Å². The molecule has 0 aliphatic carbocycles. The minimum Gasteiger partial charge on any atom is -0.485 e. The first-order chi connectivity index (χ1) is 7.08. The van der Waals surface area contributed by atoms with Crippen molar-refractivity contribution in [3.05, 3.63) is 34.4 Å². The highest BCUT2D eigenvalue weighted by Crippen LogP contribution is 2.31. The van der Waals surface area contributed by atoms with E-state index in [0.29, 0.717) is 16.3 Å². The Morgan fingerprint density at radius 2 is 2.27 bits per heavy atom. The van der Waals surface area contributed by atoms with Crippen LogP contribution in [0.15, 0.2) is 23.8 Å². The smallest absolute Gasteiger partial charge is 0.335 e. The first kappa shape index (κ1) is 10.1. The molecule has 1 aliphatic rings. The lowest BCUT2D eigenvalue weighted by Crippen LogP contribution is -2.23. The topological polar surface area (TPSA) is 46.5 Å². The van der Waals surface area contributed by atoms with Crippen molar-refractivity contribution in [2.45, 2.75) is 13.0 Å². The first-order valence-corrected chi connectivity index (χ1v) is 4.87. The van der Waals surface area contributed by atoms with E-state index in [1.54, 1.807) is 31.2 Å². The molecule has 2 rings (SSSR count). The molecule has 0 fully saturated rings. The van der Waals surface area contributed by atoms with E-state index in [9.17, 15) is 4.79 Å². The normalized spacial score (nSPS) is 18.8.